The Labute approximate surface area is 152 Å². The molecule has 130 valence electrons. The van der Waals surface area contributed by atoms with Gasteiger partial charge in [-0.3, -0.25) is 9.59 Å². The van der Waals surface area contributed by atoms with Crippen LogP contribution in [0.1, 0.15) is 12.5 Å². The van der Waals surface area contributed by atoms with Gasteiger partial charge in [-0.15, -0.1) is 0 Å². The molecule has 2 amide bonds. The van der Waals surface area contributed by atoms with Crippen molar-refractivity contribution >= 4 is 39.6 Å². The predicted molar refractivity (Wildman–Crippen MR) is 96.1 cm³/mol. The fourth-order valence-corrected chi connectivity index (χ4v) is 2.30. The van der Waals surface area contributed by atoms with E-state index in [2.05, 4.69) is 31.8 Å². The fraction of sp³-hybridized carbons (Fsp3) is 0.118. The first kappa shape index (κ1) is 18.6. The minimum absolute atomic E-state index is 0.199. The average Bonchev–Trinajstić information content (AvgIpc) is 2.56. The van der Waals surface area contributed by atoms with Crippen LogP contribution in [0.15, 0.2) is 52.0 Å². The molecule has 0 atom stereocenters. The molecule has 0 radical (unpaired) electrons. The summed E-state index contributed by atoms with van der Waals surface area (Å²) in [5.41, 5.74) is 3.53. The Morgan fingerprint density at radius 1 is 1.24 bits per heavy atom. The van der Waals surface area contributed by atoms with Gasteiger partial charge < -0.3 is 10.1 Å². The standard InChI is InChI=1S/C17H15BrFN3O3/c1-11(23)22-20-9-12-2-7-16(15(18)8-12)25-10-17(24)21-14-5-3-13(19)4-6-14/h2-9H,10H2,1H3,(H,21,24)(H,22,23)/b20-9-. The molecule has 8 heteroatoms. The number of nitrogens with zero attached hydrogens (tertiary/aromatic N) is 1. The van der Waals surface area contributed by atoms with Crippen molar-refractivity contribution in [3.8, 4) is 5.75 Å². The van der Waals surface area contributed by atoms with E-state index in [9.17, 15) is 14.0 Å². The third-order valence-corrected chi connectivity index (χ3v) is 3.50. The van der Waals surface area contributed by atoms with Crippen molar-refractivity contribution in [2.75, 3.05) is 11.9 Å². The van der Waals surface area contributed by atoms with Crippen molar-refractivity contribution in [3.05, 3.63) is 58.3 Å². The van der Waals surface area contributed by atoms with Crippen LogP contribution >= 0.6 is 15.9 Å². The first-order chi connectivity index (χ1) is 11.9. The summed E-state index contributed by atoms with van der Waals surface area (Å²) in [4.78, 5) is 22.6. The number of amides is 2. The predicted octanol–water partition coefficient (Wildman–Crippen LogP) is 3.08. The summed E-state index contributed by atoms with van der Waals surface area (Å²) in [5, 5.41) is 6.36. The van der Waals surface area contributed by atoms with E-state index in [1.54, 1.807) is 18.2 Å². The van der Waals surface area contributed by atoms with Crippen LogP contribution in [-0.4, -0.2) is 24.6 Å². The number of benzene rings is 2. The second kappa shape index (κ2) is 8.93. The van der Waals surface area contributed by atoms with Crippen LogP contribution in [0.3, 0.4) is 0 Å². The zero-order valence-electron chi connectivity index (χ0n) is 13.3. The molecule has 0 aliphatic carbocycles. The number of halogens is 2. The van der Waals surface area contributed by atoms with Gasteiger partial charge in [0.15, 0.2) is 6.61 Å². The minimum Gasteiger partial charge on any atom is -0.483 e. The van der Waals surface area contributed by atoms with E-state index in [1.165, 1.54) is 37.4 Å². The number of hydrogen-bond acceptors (Lipinski definition) is 4. The molecular weight excluding hydrogens is 393 g/mol. The van der Waals surface area contributed by atoms with Gasteiger partial charge in [-0.25, -0.2) is 9.82 Å². The highest BCUT2D eigenvalue weighted by atomic mass is 79.9. The van der Waals surface area contributed by atoms with E-state index < -0.39 is 0 Å². The molecule has 0 spiro atoms. The number of nitrogens with one attached hydrogen (secondary N) is 2. The van der Waals surface area contributed by atoms with E-state index in [0.29, 0.717) is 15.9 Å². The lowest BCUT2D eigenvalue weighted by atomic mass is 10.2. The Morgan fingerprint density at radius 3 is 2.60 bits per heavy atom. The lowest BCUT2D eigenvalue weighted by molar-refractivity contribution is -0.119. The molecule has 0 aromatic heterocycles. The zero-order valence-corrected chi connectivity index (χ0v) is 14.8. The van der Waals surface area contributed by atoms with E-state index >= 15 is 0 Å². The van der Waals surface area contributed by atoms with Gasteiger partial charge >= 0.3 is 0 Å². The number of carbonyl (C=O) groups is 2. The van der Waals surface area contributed by atoms with Crippen molar-refractivity contribution in [2.45, 2.75) is 6.92 Å². The Morgan fingerprint density at radius 2 is 1.96 bits per heavy atom. The van der Waals surface area contributed by atoms with Gasteiger partial charge in [-0.05, 0) is 64.0 Å². The van der Waals surface area contributed by atoms with Crippen molar-refractivity contribution in [1.29, 1.82) is 0 Å². The maximum absolute atomic E-state index is 12.8. The molecule has 6 nitrogen and oxygen atoms in total. The molecule has 25 heavy (non-hydrogen) atoms. The highest BCUT2D eigenvalue weighted by molar-refractivity contribution is 9.10. The Bertz CT molecular complexity index is 794. The Hall–Kier alpha value is -2.74. The molecule has 0 saturated heterocycles. The molecule has 0 aliphatic heterocycles. The van der Waals surface area contributed by atoms with Crippen molar-refractivity contribution in [2.24, 2.45) is 5.10 Å². The number of rotatable bonds is 6. The highest BCUT2D eigenvalue weighted by Crippen LogP contribution is 2.25. The highest BCUT2D eigenvalue weighted by Gasteiger charge is 2.07. The molecule has 2 aromatic carbocycles. The smallest absolute Gasteiger partial charge is 0.262 e. The van der Waals surface area contributed by atoms with Crippen LogP contribution in [0, 0.1) is 5.82 Å². The topological polar surface area (TPSA) is 79.8 Å². The van der Waals surface area contributed by atoms with Gasteiger partial charge in [0.1, 0.15) is 11.6 Å². The van der Waals surface area contributed by atoms with Gasteiger partial charge in [-0.1, -0.05) is 0 Å². The van der Waals surface area contributed by atoms with E-state index in [-0.39, 0.29) is 24.2 Å². The Balaban J connectivity index is 1.89. The molecular formula is C17H15BrFN3O3. The van der Waals surface area contributed by atoms with E-state index in [1.807, 2.05) is 0 Å². The monoisotopic (exact) mass is 407 g/mol. The maximum Gasteiger partial charge on any atom is 0.262 e. The van der Waals surface area contributed by atoms with Crippen LogP contribution in [-0.2, 0) is 9.59 Å². The second-order valence-electron chi connectivity index (χ2n) is 4.96. The molecule has 0 heterocycles. The van der Waals surface area contributed by atoms with Crippen molar-refractivity contribution < 1.29 is 18.7 Å². The first-order valence-corrected chi connectivity index (χ1v) is 8.01. The minimum atomic E-state index is -0.375. The molecule has 0 unspecified atom stereocenters. The summed E-state index contributed by atoms with van der Waals surface area (Å²) in [6.07, 6.45) is 1.48. The summed E-state index contributed by atoms with van der Waals surface area (Å²) < 4.78 is 18.9. The summed E-state index contributed by atoms with van der Waals surface area (Å²) >= 11 is 3.35. The summed E-state index contributed by atoms with van der Waals surface area (Å²) in [6.45, 7) is 1.16. The normalized spacial score (nSPS) is 10.5. The van der Waals surface area contributed by atoms with Crippen molar-refractivity contribution in [1.82, 2.24) is 5.43 Å². The summed E-state index contributed by atoms with van der Waals surface area (Å²) in [7, 11) is 0. The molecule has 2 aromatic rings. The van der Waals surface area contributed by atoms with Crippen LogP contribution < -0.4 is 15.5 Å². The third-order valence-electron chi connectivity index (χ3n) is 2.88. The SMILES string of the molecule is CC(=O)N/N=C\c1ccc(OCC(=O)Nc2ccc(F)cc2)c(Br)c1. The van der Waals surface area contributed by atoms with Crippen molar-refractivity contribution in [3.63, 3.8) is 0 Å². The quantitative estimate of drug-likeness (QED) is 0.570. The summed E-state index contributed by atoms with van der Waals surface area (Å²) in [6, 6.07) is 10.6. The van der Waals surface area contributed by atoms with E-state index in [4.69, 9.17) is 4.74 Å². The molecule has 0 bridgehead atoms. The molecule has 0 aliphatic rings. The lowest BCUT2D eigenvalue weighted by Crippen LogP contribution is -2.20. The number of carbonyl (C=O) groups excluding carboxylic acids is 2. The van der Waals surface area contributed by atoms with E-state index in [0.717, 1.165) is 5.56 Å². The average molecular weight is 408 g/mol. The Kier molecular flexibility index (Phi) is 6.64. The van der Waals surface area contributed by atoms with Gasteiger partial charge in [0.05, 0.1) is 10.7 Å². The fourth-order valence-electron chi connectivity index (χ4n) is 1.79. The molecule has 2 rings (SSSR count). The number of hydrogen-bond donors (Lipinski definition) is 2. The molecule has 2 N–H and O–H groups in total. The zero-order chi connectivity index (χ0) is 18.2. The van der Waals surface area contributed by atoms with Gasteiger partial charge in [0.2, 0.25) is 5.91 Å². The maximum atomic E-state index is 12.8. The van der Waals surface area contributed by atoms with Crippen LogP contribution in [0.4, 0.5) is 10.1 Å². The molecule has 0 saturated carbocycles. The van der Waals surface area contributed by atoms with Crippen LogP contribution in [0.5, 0.6) is 5.75 Å². The van der Waals surface area contributed by atoms with Crippen LogP contribution in [0.2, 0.25) is 0 Å². The third kappa shape index (κ3) is 6.34. The van der Waals surface area contributed by atoms with Crippen LogP contribution in [0.25, 0.3) is 0 Å². The largest absolute Gasteiger partial charge is 0.483 e. The van der Waals surface area contributed by atoms with Gasteiger partial charge in [-0.2, -0.15) is 5.10 Å². The number of hydrazone groups is 1. The molecule has 0 fully saturated rings. The van der Waals surface area contributed by atoms with Gasteiger partial charge in [0, 0.05) is 12.6 Å². The lowest BCUT2D eigenvalue weighted by Gasteiger charge is -2.09. The number of ether oxygens (including phenoxy) is 1. The second-order valence-corrected chi connectivity index (χ2v) is 5.81. The van der Waals surface area contributed by atoms with Gasteiger partial charge in [0.25, 0.3) is 5.91 Å². The number of anilines is 1. The first-order valence-electron chi connectivity index (χ1n) is 7.21. The summed E-state index contributed by atoms with van der Waals surface area (Å²) in [5.74, 6) is -0.525.